The summed E-state index contributed by atoms with van der Waals surface area (Å²) in [5, 5.41) is 9.45. The van der Waals surface area contributed by atoms with Crippen LogP contribution in [0.5, 0.6) is 0 Å². The number of hydrogen-bond acceptors (Lipinski definition) is 3. The second kappa shape index (κ2) is 4.77. The minimum atomic E-state index is -0.0947. The standard InChI is InChI=1S/C11H19N3O/c12-6-5-10-7-13-8-14(10)9-1-3-11(15)4-2-9/h7-9,11,15H,1-6,12H2. The first-order chi connectivity index (χ1) is 7.31. The highest BCUT2D eigenvalue weighted by molar-refractivity contribution is 5.01. The molecule has 4 nitrogen and oxygen atoms in total. The van der Waals surface area contributed by atoms with Crippen LogP contribution in [-0.4, -0.2) is 27.3 Å². The van der Waals surface area contributed by atoms with Gasteiger partial charge in [0, 0.05) is 24.4 Å². The molecule has 0 atom stereocenters. The Labute approximate surface area is 90.1 Å². The molecule has 0 saturated heterocycles. The molecule has 0 radical (unpaired) electrons. The van der Waals surface area contributed by atoms with Crippen molar-refractivity contribution < 1.29 is 5.11 Å². The topological polar surface area (TPSA) is 64.1 Å². The fraction of sp³-hybridized carbons (Fsp3) is 0.727. The van der Waals surface area contributed by atoms with E-state index < -0.39 is 0 Å². The van der Waals surface area contributed by atoms with Crippen molar-refractivity contribution in [3.63, 3.8) is 0 Å². The van der Waals surface area contributed by atoms with Gasteiger partial charge in [0.1, 0.15) is 0 Å². The lowest BCUT2D eigenvalue weighted by atomic mass is 9.93. The molecule has 4 heteroatoms. The second-order valence-electron chi connectivity index (χ2n) is 4.29. The molecule has 0 spiro atoms. The zero-order valence-electron chi connectivity index (χ0n) is 8.97. The van der Waals surface area contributed by atoms with Crippen LogP contribution < -0.4 is 5.73 Å². The van der Waals surface area contributed by atoms with Crippen molar-refractivity contribution in [1.29, 1.82) is 0 Å². The Kier molecular flexibility index (Phi) is 3.38. The van der Waals surface area contributed by atoms with Crippen molar-refractivity contribution in [2.24, 2.45) is 5.73 Å². The van der Waals surface area contributed by atoms with Gasteiger partial charge >= 0.3 is 0 Å². The van der Waals surface area contributed by atoms with Crippen molar-refractivity contribution in [2.75, 3.05) is 6.54 Å². The monoisotopic (exact) mass is 209 g/mol. The predicted octanol–water partition coefficient (Wildman–Crippen LogP) is 0.860. The van der Waals surface area contributed by atoms with E-state index in [1.54, 1.807) is 0 Å². The van der Waals surface area contributed by atoms with E-state index in [0.717, 1.165) is 32.1 Å². The van der Waals surface area contributed by atoms with Gasteiger partial charge in [-0.15, -0.1) is 0 Å². The average Bonchev–Trinajstić information content (AvgIpc) is 2.68. The third kappa shape index (κ3) is 2.38. The summed E-state index contributed by atoms with van der Waals surface area (Å²) in [4.78, 5) is 4.18. The molecule has 1 fully saturated rings. The highest BCUT2D eigenvalue weighted by Crippen LogP contribution is 2.29. The van der Waals surface area contributed by atoms with E-state index in [9.17, 15) is 5.11 Å². The van der Waals surface area contributed by atoms with Crippen molar-refractivity contribution in [2.45, 2.75) is 44.2 Å². The van der Waals surface area contributed by atoms with Gasteiger partial charge in [0.15, 0.2) is 0 Å². The van der Waals surface area contributed by atoms with Crippen molar-refractivity contribution >= 4 is 0 Å². The number of rotatable bonds is 3. The van der Waals surface area contributed by atoms with E-state index in [-0.39, 0.29) is 6.10 Å². The first-order valence-corrected chi connectivity index (χ1v) is 5.70. The number of aliphatic hydroxyl groups excluding tert-OH is 1. The van der Waals surface area contributed by atoms with E-state index in [1.807, 2.05) is 12.5 Å². The van der Waals surface area contributed by atoms with Gasteiger partial charge in [0.05, 0.1) is 12.4 Å². The molecule has 2 rings (SSSR count). The van der Waals surface area contributed by atoms with Gasteiger partial charge in [-0.2, -0.15) is 0 Å². The van der Waals surface area contributed by atoms with Crippen molar-refractivity contribution in [3.8, 4) is 0 Å². The minimum Gasteiger partial charge on any atom is -0.393 e. The molecular weight excluding hydrogens is 190 g/mol. The van der Waals surface area contributed by atoms with Gasteiger partial charge in [-0.1, -0.05) is 0 Å². The molecule has 3 N–H and O–H groups in total. The summed E-state index contributed by atoms with van der Waals surface area (Å²) in [5.74, 6) is 0. The molecule has 1 aromatic rings. The molecule has 1 aromatic heterocycles. The predicted molar refractivity (Wildman–Crippen MR) is 58.5 cm³/mol. The Hall–Kier alpha value is -0.870. The summed E-state index contributed by atoms with van der Waals surface area (Å²) in [5.41, 5.74) is 6.78. The van der Waals surface area contributed by atoms with Crippen LogP contribution in [0.1, 0.15) is 37.4 Å². The third-order valence-corrected chi connectivity index (χ3v) is 3.21. The lowest BCUT2D eigenvalue weighted by Gasteiger charge is -2.27. The molecule has 15 heavy (non-hydrogen) atoms. The van der Waals surface area contributed by atoms with Crippen molar-refractivity contribution in [3.05, 3.63) is 18.2 Å². The van der Waals surface area contributed by atoms with E-state index >= 15 is 0 Å². The quantitative estimate of drug-likeness (QED) is 0.776. The van der Waals surface area contributed by atoms with E-state index in [2.05, 4.69) is 9.55 Å². The maximum atomic E-state index is 9.45. The molecule has 1 aliphatic carbocycles. The Bertz CT molecular complexity index is 303. The van der Waals surface area contributed by atoms with E-state index in [4.69, 9.17) is 5.73 Å². The second-order valence-corrected chi connectivity index (χ2v) is 4.29. The van der Waals surface area contributed by atoms with E-state index in [1.165, 1.54) is 5.69 Å². The summed E-state index contributed by atoms with van der Waals surface area (Å²) in [6, 6.07) is 0.512. The largest absolute Gasteiger partial charge is 0.393 e. The molecule has 1 heterocycles. The summed E-state index contributed by atoms with van der Waals surface area (Å²) in [7, 11) is 0. The van der Waals surface area contributed by atoms with Gasteiger partial charge in [0.2, 0.25) is 0 Å². The molecule has 0 aromatic carbocycles. The zero-order chi connectivity index (χ0) is 10.7. The van der Waals surface area contributed by atoms with Crippen LogP contribution in [-0.2, 0) is 6.42 Å². The smallest absolute Gasteiger partial charge is 0.0950 e. The van der Waals surface area contributed by atoms with Gasteiger partial charge in [-0.3, -0.25) is 0 Å². The summed E-state index contributed by atoms with van der Waals surface area (Å²) < 4.78 is 2.23. The summed E-state index contributed by atoms with van der Waals surface area (Å²) in [6.45, 7) is 0.668. The molecule has 84 valence electrons. The molecular formula is C11H19N3O. The van der Waals surface area contributed by atoms with Crippen LogP contribution in [0.4, 0.5) is 0 Å². The molecule has 1 saturated carbocycles. The lowest BCUT2D eigenvalue weighted by Crippen LogP contribution is -2.22. The molecule has 0 bridgehead atoms. The van der Waals surface area contributed by atoms with Gasteiger partial charge < -0.3 is 15.4 Å². The first-order valence-electron chi connectivity index (χ1n) is 5.70. The molecule has 0 unspecified atom stereocenters. The number of imidazole rings is 1. The van der Waals surface area contributed by atoms with Crippen molar-refractivity contribution in [1.82, 2.24) is 9.55 Å². The number of nitrogens with two attached hydrogens (primary N) is 1. The zero-order valence-corrected chi connectivity index (χ0v) is 8.97. The fourth-order valence-corrected chi connectivity index (χ4v) is 2.34. The van der Waals surface area contributed by atoms with Gasteiger partial charge in [-0.25, -0.2) is 4.98 Å². The minimum absolute atomic E-state index is 0.0947. The summed E-state index contributed by atoms with van der Waals surface area (Å²) >= 11 is 0. The third-order valence-electron chi connectivity index (χ3n) is 3.21. The first kappa shape index (κ1) is 10.6. The molecule has 1 aliphatic rings. The maximum Gasteiger partial charge on any atom is 0.0950 e. The van der Waals surface area contributed by atoms with Crippen LogP contribution in [0, 0.1) is 0 Å². The lowest BCUT2D eigenvalue weighted by molar-refractivity contribution is 0.110. The fourth-order valence-electron chi connectivity index (χ4n) is 2.34. The van der Waals surface area contributed by atoms with Crippen LogP contribution >= 0.6 is 0 Å². The van der Waals surface area contributed by atoms with Crippen LogP contribution in [0.3, 0.4) is 0 Å². The number of nitrogens with zero attached hydrogens (tertiary/aromatic N) is 2. The molecule has 0 amide bonds. The Balaban J connectivity index is 2.05. The number of aliphatic hydroxyl groups is 1. The maximum absolute atomic E-state index is 9.45. The van der Waals surface area contributed by atoms with Gasteiger partial charge in [-0.05, 0) is 32.2 Å². The highest BCUT2D eigenvalue weighted by Gasteiger charge is 2.21. The number of aromatic nitrogens is 2. The average molecular weight is 209 g/mol. The number of hydrogen-bond donors (Lipinski definition) is 2. The SMILES string of the molecule is NCCc1cncn1C1CCC(O)CC1. The van der Waals surface area contributed by atoms with Gasteiger partial charge in [0.25, 0.3) is 0 Å². The Morgan fingerprint density at radius 1 is 1.40 bits per heavy atom. The summed E-state index contributed by atoms with van der Waals surface area (Å²) in [6.07, 6.45) is 8.51. The van der Waals surface area contributed by atoms with Crippen LogP contribution in [0.2, 0.25) is 0 Å². The Morgan fingerprint density at radius 2 is 2.13 bits per heavy atom. The molecule has 0 aliphatic heterocycles. The van der Waals surface area contributed by atoms with Crippen LogP contribution in [0.15, 0.2) is 12.5 Å². The Morgan fingerprint density at radius 3 is 2.80 bits per heavy atom. The highest BCUT2D eigenvalue weighted by atomic mass is 16.3. The van der Waals surface area contributed by atoms with E-state index in [0.29, 0.717) is 12.6 Å². The van der Waals surface area contributed by atoms with Crippen LogP contribution in [0.25, 0.3) is 0 Å². The normalized spacial score (nSPS) is 26.8.